The molecule has 0 saturated heterocycles. The summed E-state index contributed by atoms with van der Waals surface area (Å²) in [6.07, 6.45) is 0.475. The fraction of sp³-hybridized carbons (Fsp3) is 0.840. The van der Waals surface area contributed by atoms with E-state index in [1.165, 1.54) is 21.3 Å². The van der Waals surface area contributed by atoms with Crippen molar-refractivity contribution >= 4 is 23.9 Å². The van der Waals surface area contributed by atoms with Crippen LogP contribution in [0.4, 0.5) is 0 Å². The molecule has 0 aliphatic rings. The molecule has 0 atom stereocenters. The second-order valence-corrected chi connectivity index (χ2v) is 10.9. The monoisotopic (exact) mass is 488 g/mol. The summed E-state index contributed by atoms with van der Waals surface area (Å²) in [7, 11) is 4.04. The van der Waals surface area contributed by atoms with E-state index in [-0.39, 0.29) is 19.8 Å². The minimum atomic E-state index is -1.18. The summed E-state index contributed by atoms with van der Waals surface area (Å²) in [6.45, 7) is 14.8. The normalized spacial score (nSPS) is 13.2. The van der Waals surface area contributed by atoms with Crippen LogP contribution in [0.1, 0.15) is 68.7 Å². The summed E-state index contributed by atoms with van der Waals surface area (Å²) >= 11 is 0. The number of ether oxygens (including phenoxy) is 5. The van der Waals surface area contributed by atoms with Gasteiger partial charge in [-0.05, 0) is 61.8 Å². The second kappa shape index (κ2) is 11.5. The van der Waals surface area contributed by atoms with E-state index in [1.807, 2.05) is 6.92 Å². The standard InChI is InChI=1S/C25H44O9/c1-13-25(14-30-10,15-33-19(28)23(6,7)21(2,3)17(26)31-11)16-34-20(29)24(8,9)22(4,5)18(27)32-12/h13-16H2,1-12H3. The lowest BCUT2D eigenvalue weighted by Crippen LogP contribution is -2.49. The van der Waals surface area contributed by atoms with Gasteiger partial charge in [0.2, 0.25) is 0 Å². The maximum absolute atomic E-state index is 13.0. The van der Waals surface area contributed by atoms with Crippen molar-refractivity contribution in [3.8, 4) is 0 Å². The molecule has 0 saturated carbocycles. The number of hydrogen-bond donors (Lipinski definition) is 0. The lowest BCUT2D eigenvalue weighted by molar-refractivity contribution is -0.183. The Kier molecular flexibility index (Phi) is 10.8. The number of hydrogen-bond acceptors (Lipinski definition) is 9. The van der Waals surface area contributed by atoms with Gasteiger partial charge in [0.1, 0.15) is 13.2 Å². The van der Waals surface area contributed by atoms with Gasteiger partial charge in [0.15, 0.2) is 0 Å². The first-order valence-electron chi connectivity index (χ1n) is 11.3. The molecule has 0 aromatic carbocycles. The molecule has 0 rings (SSSR count). The first-order chi connectivity index (χ1) is 15.3. The van der Waals surface area contributed by atoms with Crippen LogP contribution < -0.4 is 0 Å². The Bertz CT molecular complexity index is 691. The SMILES string of the molecule is CCC(COC)(COC(=O)C(C)(C)C(C)(C)C(=O)OC)COC(=O)C(C)(C)C(C)(C)C(=O)OC. The molecule has 0 unspecified atom stereocenters. The van der Waals surface area contributed by atoms with Crippen molar-refractivity contribution in [1.82, 2.24) is 0 Å². The molecule has 0 aromatic heterocycles. The average molecular weight is 489 g/mol. The zero-order valence-electron chi connectivity index (χ0n) is 23.0. The molecule has 0 heterocycles. The largest absolute Gasteiger partial charge is 0.469 e. The Balaban J connectivity index is 5.65. The summed E-state index contributed by atoms with van der Waals surface area (Å²) in [6, 6.07) is 0. The van der Waals surface area contributed by atoms with Crippen LogP contribution in [0.2, 0.25) is 0 Å². The molecule has 0 spiro atoms. The molecule has 0 aliphatic heterocycles. The van der Waals surface area contributed by atoms with Crippen LogP contribution in [-0.4, -0.2) is 65.0 Å². The number of carbonyl (C=O) groups excluding carboxylic acids is 4. The summed E-state index contributed by atoms with van der Waals surface area (Å²) in [4.78, 5) is 50.5. The molecule has 0 aromatic rings. The zero-order chi connectivity index (χ0) is 27.2. The lowest BCUT2D eigenvalue weighted by Gasteiger charge is -2.39. The van der Waals surface area contributed by atoms with E-state index < -0.39 is 51.0 Å². The molecule has 0 fully saturated rings. The van der Waals surface area contributed by atoms with Crippen molar-refractivity contribution in [2.45, 2.75) is 68.7 Å². The maximum atomic E-state index is 13.0. The van der Waals surface area contributed by atoms with Crippen LogP contribution in [0.15, 0.2) is 0 Å². The minimum absolute atomic E-state index is 0.0923. The number of rotatable bonds is 13. The molecule has 34 heavy (non-hydrogen) atoms. The predicted molar refractivity (Wildman–Crippen MR) is 126 cm³/mol. The Hall–Kier alpha value is -2.16. The van der Waals surface area contributed by atoms with Crippen molar-refractivity contribution in [2.75, 3.05) is 41.2 Å². The van der Waals surface area contributed by atoms with Crippen LogP contribution >= 0.6 is 0 Å². The van der Waals surface area contributed by atoms with Gasteiger partial charge in [0, 0.05) is 7.11 Å². The second-order valence-electron chi connectivity index (χ2n) is 10.9. The number of esters is 4. The van der Waals surface area contributed by atoms with Crippen molar-refractivity contribution < 1.29 is 42.9 Å². The van der Waals surface area contributed by atoms with Crippen LogP contribution in [0.5, 0.6) is 0 Å². The smallest absolute Gasteiger partial charge is 0.312 e. The Morgan fingerprint density at radius 2 is 0.824 bits per heavy atom. The van der Waals surface area contributed by atoms with Crippen LogP contribution in [-0.2, 0) is 42.9 Å². The van der Waals surface area contributed by atoms with Gasteiger partial charge in [-0.1, -0.05) is 6.92 Å². The topological polar surface area (TPSA) is 114 Å². The first kappa shape index (κ1) is 31.8. The van der Waals surface area contributed by atoms with E-state index >= 15 is 0 Å². The highest BCUT2D eigenvalue weighted by atomic mass is 16.6. The van der Waals surface area contributed by atoms with Crippen molar-refractivity contribution in [2.24, 2.45) is 27.1 Å². The predicted octanol–water partition coefficient (Wildman–Crippen LogP) is 3.57. The van der Waals surface area contributed by atoms with Gasteiger partial charge in [-0.15, -0.1) is 0 Å². The Morgan fingerprint density at radius 1 is 0.529 bits per heavy atom. The minimum Gasteiger partial charge on any atom is -0.469 e. The van der Waals surface area contributed by atoms with E-state index in [0.29, 0.717) is 6.42 Å². The van der Waals surface area contributed by atoms with Crippen LogP contribution in [0.3, 0.4) is 0 Å². The third kappa shape index (κ3) is 6.29. The summed E-state index contributed by atoms with van der Waals surface area (Å²) < 4.78 is 26.3. The van der Waals surface area contributed by atoms with Crippen molar-refractivity contribution in [3.05, 3.63) is 0 Å². The summed E-state index contributed by atoms with van der Waals surface area (Å²) in [5.74, 6) is -2.24. The van der Waals surface area contributed by atoms with E-state index in [9.17, 15) is 19.2 Å². The highest BCUT2D eigenvalue weighted by Gasteiger charge is 2.52. The maximum Gasteiger partial charge on any atom is 0.312 e. The average Bonchev–Trinajstić information content (AvgIpc) is 2.78. The van der Waals surface area contributed by atoms with Crippen molar-refractivity contribution in [3.63, 3.8) is 0 Å². The lowest BCUT2D eigenvalue weighted by atomic mass is 9.68. The molecule has 0 bridgehead atoms. The van der Waals surface area contributed by atoms with Gasteiger partial charge in [0.25, 0.3) is 0 Å². The molecule has 198 valence electrons. The summed E-state index contributed by atoms with van der Waals surface area (Å²) in [5, 5.41) is 0. The van der Waals surface area contributed by atoms with E-state index in [1.54, 1.807) is 55.4 Å². The van der Waals surface area contributed by atoms with E-state index in [2.05, 4.69) is 0 Å². The quantitative estimate of drug-likeness (QED) is 0.283. The Labute approximate surface area is 204 Å². The molecule has 0 aliphatic carbocycles. The first-order valence-corrected chi connectivity index (χ1v) is 11.3. The third-order valence-corrected chi connectivity index (χ3v) is 7.76. The number of methoxy groups -OCH3 is 3. The molecule has 0 N–H and O–H groups in total. The Morgan fingerprint density at radius 3 is 1.06 bits per heavy atom. The van der Waals surface area contributed by atoms with Gasteiger partial charge in [-0.3, -0.25) is 19.2 Å². The van der Waals surface area contributed by atoms with Gasteiger partial charge in [-0.25, -0.2) is 0 Å². The third-order valence-electron chi connectivity index (χ3n) is 7.76. The summed E-state index contributed by atoms with van der Waals surface area (Å²) in [5.41, 5.74) is -5.46. The molecule has 0 radical (unpaired) electrons. The fourth-order valence-corrected chi connectivity index (χ4v) is 3.07. The van der Waals surface area contributed by atoms with Crippen molar-refractivity contribution in [1.29, 1.82) is 0 Å². The van der Waals surface area contributed by atoms with E-state index in [4.69, 9.17) is 23.7 Å². The zero-order valence-corrected chi connectivity index (χ0v) is 23.0. The molecular formula is C25H44O9. The van der Waals surface area contributed by atoms with Gasteiger partial charge < -0.3 is 23.7 Å². The van der Waals surface area contributed by atoms with Gasteiger partial charge >= 0.3 is 23.9 Å². The highest BCUT2D eigenvalue weighted by Crippen LogP contribution is 2.42. The van der Waals surface area contributed by atoms with Crippen LogP contribution in [0, 0.1) is 27.1 Å². The molecule has 0 amide bonds. The van der Waals surface area contributed by atoms with E-state index in [0.717, 1.165) is 0 Å². The van der Waals surface area contributed by atoms with Gasteiger partial charge in [0.05, 0.1) is 47.9 Å². The molecule has 9 nitrogen and oxygen atoms in total. The van der Waals surface area contributed by atoms with Gasteiger partial charge in [-0.2, -0.15) is 0 Å². The van der Waals surface area contributed by atoms with Crippen LogP contribution in [0.25, 0.3) is 0 Å². The molecular weight excluding hydrogens is 444 g/mol. The highest BCUT2D eigenvalue weighted by molar-refractivity contribution is 5.88. The number of carbonyl (C=O) groups is 4. The fourth-order valence-electron chi connectivity index (χ4n) is 3.07. The molecule has 9 heteroatoms.